The largest absolute Gasteiger partial charge is 0.506 e. The number of phenols is 1. The molecule has 0 bridgehead atoms. The van der Waals surface area contributed by atoms with Gasteiger partial charge in [0.25, 0.3) is 0 Å². The summed E-state index contributed by atoms with van der Waals surface area (Å²) in [6, 6.07) is 12.4. The number of aryl methyl sites for hydroxylation is 2. The van der Waals surface area contributed by atoms with Gasteiger partial charge in [0.05, 0.1) is 11.1 Å². The second kappa shape index (κ2) is 9.21. The van der Waals surface area contributed by atoms with Crippen LogP contribution in [0.15, 0.2) is 70.9 Å². The van der Waals surface area contributed by atoms with Crippen LogP contribution < -0.4 is 0 Å². The first-order chi connectivity index (χ1) is 17.0. The average molecular weight is 495 g/mol. The highest BCUT2D eigenvalue weighted by Gasteiger charge is 2.32. The molecule has 0 aliphatic heterocycles. The maximum absolute atomic E-state index is 13.4. The summed E-state index contributed by atoms with van der Waals surface area (Å²) in [7, 11) is 0. The quantitative estimate of drug-likeness (QED) is 0.201. The van der Waals surface area contributed by atoms with Crippen molar-refractivity contribution in [3.63, 3.8) is 0 Å². The Balaban J connectivity index is 1.86. The summed E-state index contributed by atoms with van der Waals surface area (Å²) in [6.07, 6.45) is -2.40. The number of aromatic hydroxyl groups is 2. The first kappa shape index (κ1) is 24.5. The first-order valence-corrected chi connectivity index (χ1v) is 10.6. The van der Waals surface area contributed by atoms with Gasteiger partial charge in [0.15, 0.2) is 5.69 Å². The molecule has 1 heterocycles. The molecule has 0 amide bonds. The van der Waals surface area contributed by atoms with E-state index in [1.807, 2.05) is 13.8 Å². The first-order valence-electron chi connectivity index (χ1n) is 10.6. The third-order valence-electron chi connectivity index (χ3n) is 5.67. The fourth-order valence-electron chi connectivity index (χ4n) is 3.66. The smallest absolute Gasteiger partial charge is 0.416 e. The Morgan fingerprint density at radius 3 is 2.33 bits per heavy atom. The van der Waals surface area contributed by atoms with Gasteiger partial charge in [0.1, 0.15) is 11.4 Å². The van der Waals surface area contributed by atoms with Crippen LogP contribution in [-0.4, -0.2) is 25.9 Å². The van der Waals surface area contributed by atoms with E-state index in [2.05, 4.69) is 10.2 Å². The van der Waals surface area contributed by atoms with E-state index in [4.69, 9.17) is 5.11 Å². The number of hydrogen-bond acceptors (Lipinski definition) is 5. The number of halogens is 3. The Kier molecular flexibility index (Phi) is 6.28. The van der Waals surface area contributed by atoms with Gasteiger partial charge in [-0.15, -0.1) is 10.2 Å². The lowest BCUT2D eigenvalue weighted by Crippen LogP contribution is -2.05. The Morgan fingerprint density at radius 1 is 0.944 bits per heavy atom. The molecule has 36 heavy (non-hydrogen) atoms. The van der Waals surface area contributed by atoms with Crippen molar-refractivity contribution in [2.45, 2.75) is 20.0 Å². The Morgan fingerprint density at radius 2 is 1.69 bits per heavy atom. The molecular weight excluding hydrogens is 475 g/mol. The molecule has 3 aromatic carbocycles. The molecule has 0 saturated heterocycles. The van der Waals surface area contributed by atoms with Gasteiger partial charge < -0.3 is 15.3 Å². The number of hydrogen-bond donors (Lipinski definition) is 3. The molecule has 4 rings (SSSR count). The van der Waals surface area contributed by atoms with E-state index in [-0.39, 0.29) is 28.0 Å². The molecule has 0 fully saturated rings. The molecular formula is C26H20F3N3O4. The minimum Gasteiger partial charge on any atom is -0.506 e. The van der Waals surface area contributed by atoms with Crippen LogP contribution in [0.2, 0.25) is 0 Å². The van der Waals surface area contributed by atoms with Gasteiger partial charge in [-0.25, -0.2) is 4.79 Å². The zero-order valence-electron chi connectivity index (χ0n) is 19.1. The fourth-order valence-corrected chi connectivity index (χ4v) is 3.66. The van der Waals surface area contributed by atoms with Crippen LogP contribution in [0.25, 0.3) is 22.7 Å². The summed E-state index contributed by atoms with van der Waals surface area (Å²) in [5, 5.41) is 38.3. The van der Waals surface area contributed by atoms with E-state index in [1.54, 1.807) is 18.2 Å². The van der Waals surface area contributed by atoms with Crippen LogP contribution in [0.3, 0.4) is 0 Å². The lowest BCUT2D eigenvalue weighted by molar-refractivity contribution is -0.137. The number of aliphatic carboxylic acids is 1. The second-order valence-electron chi connectivity index (χ2n) is 8.13. The summed E-state index contributed by atoms with van der Waals surface area (Å²) >= 11 is 0. The van der Waals surface area contributed by atoms with Crippen LogP contribution >= 0.6 is 0 Å². The van der Waals surface area contributed by atoms with Gasteiger partial charge >= 0.3 is 12.1 Å². The topological polar surface area (TPSA) is 107 Å². The number of phenolic OH excluding ortho intramolecular Hbond substituents is 1. The normalized spacial score (nSPS) is 12.2. The number of carbonyl (C=O) groups is 1. The zero-order chi connectivity index (χ0) is 26.2. The van der Waals surface area contributed by atoms with Crippen molar-refractivity contribution in [3.8, 4) is 17.3 Å². The molecule has 7 nitrogen and oxygen atoms in total. The van der Waals surface area contributed by atoms with Gasteiger partial charge in [-0.2, -0.15) is 13.2 Å². The van der Waals surface area contributed by atoms with E-state index < -0.39 is 23.6 Å². The number of nitrogens with zero attached hydrogens (tertiary/aromatic N) is 3. The van der Waals surface area contributed by atoms with E-state index in [0.717, 1.165) is 29.3 Å². The summed E-state index contributed by atoms with van der Waals surface area (Å²) in [5.41, 5.74) is 1.84. The molecule has 10 heteroatoms. The second-order valence-corrected chi connectivity index (χ2v) is 8.13. The van der Waals surface area contributed by atoms with Crippen molar-refractivity contribution in [2.75, 3.05) is 0 Å². The van der Waals surface area contributed by atoms with Crippen LogP contribution in [-0.2, 0) is 11.0 Å². The molecule has 0 aliphatic rings. The summed E-state index contributed by atoms with van der Waals surface area (Å²) < 4.78 is 41.6. The summed E-state index contributed by atoms with van der Waals surface area (Å²) in [4.78, 5) is 10.7. The van der Waals surface area contributed by atoms with Crippen molar-refractivity contribution in [3.05, 3.63) is 82.9 Å². The standard InChI is InChI=1S/C26H20F3N3O4/c1-14-3-7-18(11-15(14)2)32-21-13-17(26(27,28)29)6-8-19(21)24(25(32)36)31-30-20-9-4-16(12-22(20)33)5-10-23(34)35/h3-13,33,36H,1-2H3,(H,34,35). The molecule has 0 saturated carbocycles. The number of aromatic nitrogens is 1. The molecule has 0 aliphatic carbocycles. The third-order valence-corrected chi connectivity index (χ3v) is 5.67. The minimum absolute atomic E-state index is 0.0147. The van der Waals surface area contributed by atoms with E-state index >= 15 is 0 Å². The molecule has 4 aromatic rings. The lowest BCUT2D eigenvalue weighted by Gasteiger charge is -2.11. The van der Waals surface area contributed by atoms with Crippen molar-refractivity contribution in [1.29, 1.82) is 0 Å². The number of carboxylic acid groups (broad SMARTS) is 1. The molecule has 3 N–H and O–H groups in total. The predicted octanol–water partition coefficient (Wildman–Crippen LogP) is 7.19. The van der Waals surface area contributed by atoms with E-state index in [9.17, 15) is 28.2 Å². The van der Waals surface area contributed by atoms with Crippen molar-refractivity contribution < 1.29 is 33.3 Å². The fraction of sp³-hybridized carbons (Fsp3) is 0.115. The molecule has 184 valence electrons. The van der Waals surface area contributed by atoms with Crippen molar-refractivity contribution in [2.24, 2.45) is 10.2 Å². The summed E-state index contributed by atoms with van der Waals surface area (Å²) in [5.74, 6) is -1.87. The van der Waals surface area contributed by atoms with Crippen LogP contribution in [0, 0.1) is 13.8 Å². The number of fused-ring (bicyclic) bond motifs is 1. The highest BCUT2D eigenvalue weighted by atomic mass is 19.4. The van der Waals surface area contributed by atoms with Crippen LogP contribution in [0.5, 0.6) is 11.6 Å². The molecule has 1 aromatic heterocycles. The number of azo groups is 1. The van der Waals surface area contributed by atoms with Crippen molar-refractivity contribution >= 4 is 34.3 Å². The minimum atomic E-state index is -4.59. The van der Waals surface area contributed by atoms with Crippen LogP contribution in [0.1, 0.15) is 22.3 Å². The van der Waals surface area contributed by atoms with Gasteiger partial charge in [0.2, 0.25) is 5.88 Å². The molecule has 0 radical (unpaired) electrons. The predicted molar refractivity (Wildman–Crippen MR) is 128 cm³/mol. The Hall–Kier alpha value is -4.60. The molecule has 0 unspecified atom stereocenters. The maximum Gasteiger partial charge on any atom is 0.416 e. The Labute approximate surface area is 203 Å². The zero-order valence-corrected chi connectivity index (χ0v) is 19.1. The van der Waals surface area contributed by atoms with E-state index in [0.29, 0.717) is 11.3 Å². The van der Waals surface area contributed by atoms with Crippen molar-refractivity contribution in [1.82, 2.24) is 4.57 Å². The highest BCUT2D eigenvalue weighted by Crippen LogP contribution is 2.44. The highest BCUT2D eigenvalue weighted by molar-refractivity contribution is 5.97. The van der Waals surface area contributed by atoms with Gasteiger partial charge in [-0.05, 0) is 79.1 Å². The number of carboxylic acids is 1. The number of alkyl halides is 3. The van der Waals surface area contributed by atoms with Gasteiger partial charge in [-0.1, -0.05) is 12.1 Å². The SMILES string of the molecule is Cc1ccc(-n2c(O)c(N=Nc3ccc(C=CC(=O)O)cc3O)c3ccc(C(F)(F)F)cc32)cc1C. The van der Waals surface area contributed by atoms with Gasteiger partial charge in [0, 0.05) is 17.1 Å². The van der Waals surface area contributed by atoms with Gasteiger partial charge in [-0.3, -0.25) is 4.57 Å². The third kappa shape index (κ3) is 4.78. The lowest BCUT2D eigenvalue weighted by atomic mass is 10.1. The number of rotatable bonds is 5. The molecule has 0 spiro atoms. The average Bonchev–Trinajstić information content (AvgIpc) is 3.08. The number of benzene rings is 3. The maximum atomic E-state index is 13.4. The molecule has 0 atom stereocenters. The summed E-state index contributed by atoms with van der Waals surface area (Å²) in [6.45, 7) is 3.74. The Bertz CT molecular complexity index is 1550. The monoisotopic (exact) mass is 495 g/mol. The van der Waals surface area contributed by atoms with Crippen LogP contribution in [0.4, 0.5) is 24.5 Å². The van der Waals surface area contributed by atoms with E-state index in [1.165, 1.54) is 34.9 Å².